The van der Waals surface area contributed by atoms with E-state index in [1.165, 1.54) is 0 Å². The zero-order chi connectivity index (χ0) is 16.7. The number of carbonyl (C=O) groups is 1. The standard InChI is InChI=1S/C18H19N3O3/c1-24-13-6-2-11(3-7-13)8-16(22)21-9-14-15(10-21)19-17(12-4-5-12)20-18(14)23/h2-3,6-7,12H,4-5,8-10H2,1H3,(H,19,20,23). The van der Waals surface area contributed by atoms with Crippen LogP contribution >= 0.6 is 0 Å². The van der Waals surface area contributed by atoms with E-state index in [1.807, 2.05) is 24.3 Å². The van der Waals surface area contributed by atoms with E-state index in [4.69, 9.17) is 4.74 Å². The van der Waals surface area contributed by atoms with Crippen molar-refractivity contribution in [3.8, 4) is 5.75 Å². The SMILES string of the molecule is COc1ccc(CC(=O)N2Cc3nc(C4CC4)[nH]c(=O)c3C2)cc1. The third-order valence-corrected chi connectivity index (χ3v) is 4.64. The van der Waals surface area contributed by atoms with Crippen molar-refractivity contribution in [3.05, 3.63) is 57.3 Å². The maximum absolute atomic E-state index is 12.5. The molecule has 1 aliphatic heterocycles. The average Bonchev–Trinajstić information content (AvgIpc) is 3.34. The van der Waals surface area contributed by atoms with Crippen LogP contribution in [0.5, 0.6) is 5.75 Å². The highest BCUT2D eigenvalue weighted by Crippen LogP contribution is 2.38. The predicted octanol–water partition coefficient (Wildman–Crippen LogP) is 1.74. The minimum absolute atomic E-state index is 0.00513. The third-order valence-electron chi connectivity index (χ3n) is 4.64. The number of aromatic nitrogens is 2. The van der Waals surface area contributed by atoms with E-state index in [0.717, 1.165) is 35.7 Å². The molecule has 2 aromatic rings. The lowest BCUT2D eigenvalue weighted by Crippen LogP contribution is -2.27. The van der Waals surface area contributed by atoms with Crippen molar-refractivity contribution in [2.45, 2.75) is 38.3 Å². The van der Waals surface area contributed by atoms with E-state index in [1.54, 1.807) is 12.0 Å². The molecule has 0 unspecified atom stereocenters. The lowest BCUT2D eigenvalue weighted by Gasteiger charge is -2.15. The zero-order valence-corrected chi connectivity index (χ0v) is 13.5. The van der Waals surface area contributed by atoms with Crippen molar-refractivity contribution in [3.63, 3.8) is 0 Å². The molecule has 1 aromatic heterocycles. The van der Waals surface area contributed by atoms with E-state index in [-0.39, 0.29) is 11.5 Å². The molecule has 24 heavy (non-hydrogen) atoms. The fourth-order valence-electron chi connectivity index (χ4n) is 3.04. The number of ether oxygens (including phenoxy) is 1. The van der Waals surface area contributed by atoms with Gasteiger partial charge >= 0.3 is 0 Å². The number of aromatic amines is 1. The van der Waals surface area contributed by atoms with Gasteiger partial charge in [-0.3, -0.25) is 9.59 Å². The van der Waals surface area contributed by atoms with Crippen LogP contribution in [0.15, 0.2) is 29.1 Å². The van der Waals surface area contributed by atoms with Crippen LogP contribution in [0, 0.1) is 0 Å². The fraction of sp³-hybridized carbons (Fsp3) is 0.389. The number of fused-ring (bicyclic) bond motifs is 1. The van der Waals surface area contributed by atoms with Crippen molar-refractivity contribution in [1.29, 1.82) is 0 Å². The molecule has 124 valence electrons. The average molecular weight is 325 g/mol. The van der Waals surface area contributed by atoms with E-state index >= 15 is 0 Å². The number of benzene rings is 1. The zero-order valence-electron chi connectivity index (χ0n) is 13.5. The minimum Gasteiger partial charge on any atom is -0.497 e. The van der Waals surface area contributed by atoms with Gasteiger partial charge in [-0.1, -0.05) is 12.1 Å². The Morgan fingerprint density at radius 2 is 2.04 bits per heavy atom. The van der Waals surface area contributed by atoms with Gasteiger partial charge in [-0.2, -0.15) is 0 Å². The highest BCUT2D eigenvalue weighted by atomic mass is 16.5. The highest BCUT2D eigenvalue weighted by Gasteiger charge is 2.31. The van der Waals surface area contributed by atoms with Crippen LogP contribution in [0.25, 0.3) is 0 Å². The van der Waals surface area contributed by atoms with Gasteiger partial charge in [0.05, 0.1) is 37.9 Å². The summed E-state index contributed by atoms with van der Waals surface area (Å²) in [6, 6.07) is 7.46. The molecule has 1 saturated carbocycles. The van der Waals surface area contributed by atoms with Gasteiger partial charge < -0.3 is 14.6 Å². The number of methoxy groups -OCH3 is 1. The summed E-state index contributed by atoms with van der Waals surface area (Å²) in [5.74, 6) is 1.95. The van der Waals surface area contributed by atoms with E-state index in [9.17, 15) is 9.59 Å². The predicted molar refractivity (Wildman–Crippen MR) is 87.8 cm³/mol. The maximum Gasteiger partial charge on any atom is 0.256 e. The second-order valence-electron chi connectivity index (χ2n) is 6.43. The summed E-state index contributed by atoms with van der Waals surface area (Å²) in [5.41, 5.74) is 2.21. The van der Waals surface area contributed by atoms with Crippen LogP contribution in [0.2, 0.25) is 0 Å². The number of carbonyl (C=O) groups excluding carboxylic acids is 1. The Labute approximate surface area is 139 Å². The molecule has 1 amide bonds. The summed E-state index contributed by atoms with van der Waals surface area (Å²) >= 11 is 0. The third kappa shape index (κ3) is 2.79. The first-order chi connectivity index (χ1) is 11.6. The molecule has 0 bridgehead atoms. The molecular formula is C18H19N3O3. The Balaban J connectivity index is 1.48. The normalized spacial score (nSPS) is 16.1. The van der Waals surface area contributed by atoms with Crippen molar-refractivity contribution in [1.82, 2.24) is 14.9 Å². The smallest absolute Gasteiger partial charge is 0.256 e. The molecule has 0 radical (unpaired) electrons. The van der Waals surface area contributed by atoms with Crippen LogP contribution in [-0.2, 0) is 24.3 Å². The topological polar surface area (TPSA) is 75.3 Å². The summed E-state index contributed by atoms with van der Waals surface area (Å²) in [6.45, 7) is 0.769. The molecule has 1 aliphatic carbocycles. The number of amides is 1. The van der Waals surface area contributed by atoms with Gasteiger partial charge in [0.2, 0.25) is 5.91 Å². The molecule has 1 fully saturated rings. The van der Waals surface area contributed by atoms with Crippen LogP contribution in [0.4, 0.5) is 0 Å². The first-order valence-electron chi connectivity index (χ1n) is 8.16. The van der Waals surface area contributed by atoms with Gasteiger partial charge in [0.1, 0.15) is 11.6 Å². The molecule has 0 atom stereocenters. The van der Waals surface area contributed by atoms with E-state index in [0.29, 0.717) is 31.0 Å². The van der Waals surface area contributed by atoms with E-state index < -0.39 is 0 Å². The first kappa shape index (κ1) is 14.9. The van der Waals surface area contributed by atoms with Crippen LogP contribution in [0.3, 0.4) is 0 Å². The molecule has 1 N–H and O–H groups in total. The van der Waals surface area contributed by atoms with Gasteiger partial charge in [-0.15, -0.1) is 0 Å². The molecular weight excluding hydrogens is 306 g/mol. The molecule has 6 heteroatoms. The number of hydrogen-bond acceptors (Lipinski definition) is 4. The number of nitrogens with one attached hydrogen (secondary N) is 1. The summed E-state index contributed by atoms with van der Waals surface area (Å²) < 4.78 is 5.12. The van der Waals surface area contributed by atoms with Crippen molar-refractivity contribution < 1.29 is 9.53 Å². The molecule has 4 rings (SSSR count). The number of hydrogen-bond donors (Lipinski definition) is 1. The van der Waals surface area contributed by atoms with Gasteiger partial charge in [0.15, 0.2) is 0 Å². The lowest BCUT2D eigenvalue weighted by atomic mass is 10.1. The number of rotatable bonds is 4. The Morgan fingerprint density at radius 1 is 1.29 bits per heavy atom. The Morgan fingerprint density at radius 3 is 2.71 bits per heavy atom. The van der Waals surface area contributed by atoms with Crippen LogP contribution in [0.1, 0.15) is 41.4 Å². The highest BCUT2D eigenvalue weighted by molar-refractivity contribution is 5.79. The fourth-order valence-corrected chi connectivity index (χ4v) is 3.04. The number of nitrogens with zero attached hydrogens (tertiary/aromatic N) is 2. The molecule has 0 saturated heterocycles. The lowest BCUT2D eigenvalue weighted by molar-refractivity contribution is -0.131. The Bertz CT molecular complexity index is 838. The quantitative estimate of drug-likeness (QED) is 0.929. The molecule has 2 aliphatic rings. The Hall–Kier alpha value is -2.63. The largest absolute Gasteiger partial charge is 0.497 e. The molecule has 6 nitrogen and oxygen atoms in total. The minimum atomic E-state index is -0.0957. The van der Waals surface area contributed by atoms with Gasteiger partial charge in [-0.05, 0) is 30.5 Å². The molecule has 1 aromatic carbocycles. The maximum atomic E-state index is 12.5. The summed E-state index contributed by atoms with van der Waals surface area (Å²) in [5, 5.41) is 0. The first-order valence-corrected chi connectivity index (χ1v) is 8.16. The molecule has 0 spiro atoms. The monoisotopic (exact) mass is 325 g/mol. The Kier molecular flexibility index (Phi) is 3.59. The van der Waals surface area contributed by atoms with Crippen LogP contribution in [-0.4, -0.2) is 27.9 Å². The summed E-state index contributed by atoms with van der Waals surface area (Å²) in [4.78, 5) is 33.9. The van der Waals surface area contributed by atoms with E-state index in [2.05, 4.69) is 9.97 Å². The second kappa shape index (κ2) is 5.78. The summed E-state index contributed by atoms with van der Waals surface area (Å²) in [6.07, 6.45) is 2.48. The van der Waals surface area contributed by atoms with Gasteiger partial charge in [0.25, 0.3) is 5.56 Å². The van der Waals surface area contributed by atoms with Crippen molar-refractivity contribution >= 4 is 5.91 Å². The number of H-pyrrole nitrogens is 1. The van der Waals surface area contributed by atoms with Gasteiger partial charge in [-0.25, -0.2) is 4.98 Å². The second-order valence-corrected chi connectivity index (χ2v) is 6.43. The molecule has 2 heterocycles. The summed E-state index contributed by atoms with van der Waals surface area (Å²) in [7, 11) is 1.61. The van der Waals surface area contributed by atoms with Crippen molar-refractivity contribution in [2.75, 3.05) is 7.11 Å². The van der Waals surface area contributed by atoms with Gasteiger partial charge in [0, 0.05) is 5.92 Å². The van der Waals surface area contributed by atoms with Crippen molar-refractivity contribution in [2.24, 2.45) is 0 Å². The van der Waals surface area contributed by atoms with Crippen LogP contribution < -0.4 is 10.3 Å².